The third-order valence-corrected chi connectivity index (χ3v) is 6.94. The summed E-state index contributed by atoms with van der Waals surface area (Å²) < 4.78 is 0. The number of phenols is 2. The van der Waals surface area contributed by atoms with E-state index in [0.29, 0.717) is 23.3 Å². The molecule has 2 fully saturated rings. The lowest BCUT2D eigenvalue weighted by Gasteiger charge is -2.38. The van der Waals surface area contributed by atoms with E-state index in [4.69, 9.17) is 0 Å². The fourth-order valence-corrected chi connectivity index (χ4v) is 5.34. The average molecular weight is 351 g/mol. The Labute approximate surface area is 156 Å². The Balaban J connectivity index is 1.28. The molecule has 138 valence electrons. The first-order chi connectivity index (χ1) is 12.7. The van der Waals surface area contributed by atoms with Crippen LogP contribution in [0.3, 0.4) is 0 Å². The molecule has 2 aliphatic rings. The highest BCUT2D eigenvalue weighted by Crippen LogP contribution is 2.45. The van der Waals surface area contributed by atoms with E-state index >= 15 is 0 Å². The Hall–Kier alpha value is -1.96. The van der Waals surface area contributed by atoms with Crippen LogP contribution in [0.4, 0.5) is 0 Å². The van der Waals surface area contributed by atoms with Gasteiger partial charge in [0.1, 0.15) is 11.5 Å². The van der Waals surface area contributed by atoms with Crippen molar-refractivity contribution in [2.75, 3.05) is 0 Å². The molecule has 2 nitrogen and oxygen atoms in total. The SMILES string of the molecule is Oc1ccc(C2CCC(C3CCC(c4ccc(O)cc4)CC3)CC2)cc1. The van der Waals surface area contributed by atoms with E-state index < -0.39 is 0 Å². The number of hydrogen-bond donors (Lipinski definition) is 2. The summed E-state index contributed by atoms with van der Waals surface area (Å²) in [5.41, 5.74) is 2.80. The van der Waals surface area contributed by atoms with Gasteiger partial charge in [-0.05, 0) is 110 Å². The van der Waals surface area contributed by atoms with Gasteiger partial charge in [0.15, 0.2) is 0 Å². The zero-order valence-corrected chi connectivity index (χ0v) is 15.5. The number of phenolic OH excluding ortho intramolecular Hbond substituents is 2. The Morgan fingerprint density at radius 1 is 0.462 bits per heavy atom. The van der Waals surface area contributed by atoms with Crippen LogP contribution in [0.5, 0.6) is 11.5 Å². The zero-order valence-electron chi connectivity index (χ0n) is 15.5. The summed E-state index contributed by atoms with van der Waals surface area (Å²) in [5, 5.41) is 18.9. The summed E-state index contributed by atoms with van der Waals surface area (Å²) in [6.45, 7) is 0. The second-order valence-corrected chi connectivity index (χ2v) is 8.41. The minimum atomic E-state index is 0.368. The van der Waals surface area contributed by atoms with E-state index in [2.05, 4.69) is 24.3 Å². The van der Waals surface area contributed by atoms with E-state index in [0.717, 1.165) is 11.8 Å². The Bertz CT molecular complexity index is 624. The van der Waals surface area contributed by atoms with Gasteiger partial charge in [0.25, 0.3) is 0 Å². The van der Waals surface area contributed by atoms with Crippen LogP contribution in [0.25, 0.3) is 0 Å². The van der Waals surface area contributed by atoms with Crippen LogP contribution in [-0.2, 0) is 0 Å². The Morgan fingerprint density at radius 3 is 1.08 bits per heavy atom. The van der Waals surface area contributed by atoms with Crippen molar-refractivity contribution in [3.8, 4) is 11.5 Å². The number of hydrogen-bond acceptors (Lipinski definition) is 2. The summed E-state index contributed by atoms with van der Waals surface area (Å²) in [5.74, 6) is 3.91. The van der Waals surface area contributed by atoms with Crippen LogP contribution in [0.15, 0.2) is 48.5 Å². The lowest BCUT2D eigenvalue weighted by molar-refractivity contribution is 0.177. The molecule has 2 N–H and O–H groups in total. The molecule has 0 bridgehead atoms. The predicted molar refractivity (Wildman–Crippen MR) is 106 cm³/mol. The smallest absolute Gasteiger partial charge is 0.115 e. The Kier molecular flexibility index (Phi) is 5.19. The van der Waals surface area contributed by atoms with Crippen molar-refractivity contribution in [3.05, 3.63) is 59.7 Å². The van der Waals surface area contributed by atoms with Gasteiger partial charge >= 0.3 is 0 Å². The summed E-state index contributed by atoms with van der Waals surface area (Å²) in [7, 11) is 0. The van der Waals surface area contributed by atoms with Gasteiger partial charge in [0.2, 0.25) is 0 Å². The predicted octanol–water partition coefficient (Wildman–Crippen LogP) is 6.35. The van der Waals surface area contributed by atoms with Crippen molar-refractivity contribution in [3.63, 3.8) is 0 Å². The van der Waals surface area contributed by atoms with Crippen LogP contribution in [0.1, 0.15) is 74.3 Å². The minimum Gasteiger partial charge on any atom is -0.508 e. The van der Waals surface area contributed by atoms with Gasteiger partial charge in [-0.2, -0.15) is 0 Å². The van der Waals surface area contributed by atoms with E-state index in [-0.39, 0.29) is 0 Å². The van der Waals surface area contributed by atoms with Crippen molar-refractivity contribution >= 4 is 0 Å². The normalized spacial score (nSPS) is 29.4. The fraction of sp³-hybridized carbons (Fsp3) is 0.500. The summed E-state index contributed by atoms with van der Waals surface area (Å²) >= 11 is 0. The standard InChI is InChI=1S/C24H30O2/c25-23-13-9-21(10-14-23)19-5-1-17(2-6-19)18-3-7-20(8-4-18)22-11-15-24(26)16-12-22/h9-20,25-26H,1-8H2. The van der Waals surface area contributed by atoms with Crippen LogP contribution in [0, 0.1) is 11.8 Å². The molecule has 0 spiro atoms. The largest absolute Gasteiger partial charge is 0.508 e. The lowest BCUT2D eigenvalue weighted by atomic mass is 9.67. The zero-order chi connectivity index (χ0) is 17.9. The van der Waals surface area contributed by atoms with Gasteiger partial charge < -0.3 is 10.2 Å². The van der Waals surface area contributed by atoms with Crippen molar-refractivity contribution in [1.82, 2.24) is 0 Å². The van der Waals surface area contributed by atoms with E-state index in [1.807, 2.05) is 24.3 Å². The van der Waals surface area contributed by atoms with Crippen molar-refractivity contribution in [2.24, 2.45) is 11.8 Å². The quantitative estimate of drug-likeness (QED) is 0.677. The molecule has 26 heavy (non-hydrogen) atoms. The van der Waals surface area contributed by atoms with Crippen molar-refractivity contribution < 1.29 is 10.2 Å². The van der Waals surface area contributed by atoms with Gasteiger partial charge in [-0.15, -0.1) is 0 Å². The van der Waals surface area contributed by atoms with Crippen LogP contribution in [0.2, 0.25) is 0 Å². The maximum Gasteiger partial charge on any atom is 0.115 e. The van der Waals surface area contributed by atoms with Gasteiger partial charge in [-0.3, -0.25) is 0 Å². The second kappa shape index (κ2) is 7.73. The summed E-state index contributed by atoms with van der Waals surface area (Å²) in [6, 6.07) is 15.7. The molecule has 0 aromatic heterocycles. The highest BCUT2D eigenvalue weighted by molar-refractivity contribution is 5.29. The molecular formula is C24H30O2. The van der Waals surface area contributed by atoms with Gasteiger partial charge in [0.05, 0.1) is 0 Å². The monoisotopic (exact) mass is 350 g/mol. The number of rotatable bonds is 3. The molecule has 2 aromatic carbocycles. The first-order valence-electron chi connectivity index (χ1n) is 10.3. The minimum absolute atomic E-state index is 0.368. The molecule has 4 rings (SSSR count). The second-order valence-electron chi connectivity index (χ2n) is 8.41. The van der Waals surface area contributed by atoms with Gasteiger partial charge in [-0.25, -0.2) is 0 Å². The van der Waals surface area contributed by atoms with E-state index in [9.17, 15) is 10.2 Å². The molecule has 0 radical (unpaired) electrons. The van der Waals surface area contributed by atoms with Gasteiger partial charge in [0, 0.05) is 0 Å². The molecule has 2 aromatic rings. The molecule has 2 aliphatic carbocycles. The maximum atomic E-state index is 9.47. The first kappa shape index (κ1) is 17.5. The molecule has 0 heterocycles. The van der Waals surface area contributed by atoms with Crippen LogP contribution >= 0.6 is 0 Å². The third kappa shape index (κ3) is 3.90. The molecule has 0 aliphatic heterocycles. The molecule has 2 heteroatoms. The summed E-state index contributed by atoms with van der Waals surface area (Å²) in [6.07, 6.45) is 10.6. The van der Waals surface area contributed by atoms with Crippen LogP contribution < -0.4 is 0 Å². The van der Waals surface area contributed by atoms with Crippen LogP contribution in [-0.4, -0.2) is 10.2 Å². The molecule has 0 amide bonds. The van der Waals surface area contributed by atoms with E-state index in [1.54, 1.807) is 0 Å². The summed E-state index contributed by atoms with van der Waals surface area (Å²) in [4.78, 5) is 0. The maximum absolute atomic E-state index is 9.47. The topological polar surface area (TPSA) is 40.5 Å². The number of benzene rings is 2. The highest BCUT2D eigenvalue weighted by atomic mass is 16.3. The van der Waals surface area contributed by atoms with Crippen molar-refractivity contribution in [2.45, 2.75) is 63.2 Å². The average Bonchev–Trinajstić information content (AvgIpc) is 2.70. The lowest BCUT2D eigenvalue weighted by Crippen LogP contribution is -2.25. The molecule has 0 saturated heterocycles. The Morgan fingerprint density at radius 2 is 0.769 bits per heavy atom. The van der Waals surface area contributed by atoms with Gasteiger partial charge in [-0.1, -0.05) is 24.3 Å². The van der Waals surface area contributed by atoms with E-state index in [1.165, 1.54) is 62.5 Å². The molecular weight excluding hydrogens is 320 g/mol. The number of aromatic hydroxyl groups is 2. The molecule has 0 atom stereocenters. The van der Waals surface area contributed by atoms with Crippen molar-refractivity contribution in [1.29, 1.82) is 0 Å². The third-order valence-electron chi connectivity index (χ3n) is 6.94. The highest BCUT2D eigenvalue weighted by Gasteiger charge is 2.31. The molecule has 2 saturated carbocycles. The molecule has 0 unspecified atom stereocenters. The first-order valence-corrected chi connectivity index (χ1v) is 10.3. The fourth-order valence-electron chi connectivity index (χ4n) is 5.34.